The third-order valence-corrected chi connectivity index (χ3v) is 3.05. The molecule has 2 rings (SSSR count). The molecule has 1 aromatic heterocycles. The number of hydrogen-bond acceptors (Lipinski definition) is 3. The number of aliphatic hydroxyl groups is 1. The molecule has 84 valence electrons. The standard InChI is InChI=1S/C11H19N3O/c15-10-3-1-9(2-4-10)12-6-5-11-13-7-8-14-11/h7-10,12,15H,1-6H2,(H,13,14). The van der Waals surface area contributed by atoms with Gasteiger partial charge in [-0.15, -0.1) is 0 Å². The molecule has 3 N–H and O–H groups in total. The maximum Gasteiger partial charge on any atom is 0.107 e. The maximum atomic E-state index is 9.36. The van der Waals surface area contributed by atoms with E-state index >= 15 is 0 Å². The Morgan fingerprint density at radius 3 is 2.87 bits per heavy atom. The summed E-state index contributed by atoms with van der Waals surface area (Å²) in [4.78, 5) is 7.27. The number of H-pyrrole nitrogens is 1. The van der Waals surface area contributed by atoms with Crippen molar-refractivity contribution in [2.24, 2.45) is 0 Å². The predicted octanol–water partition coefficient (Wildman–Crippen LogP) is 0.845. The normalized spacial score (nSPS) is 26.7. The van der Waals surface area contributed by atoms with E-state index in [2.05, 4.69) is 15.3 Å². The Morgan fingerprint density at radius 1 is 1.40 bits per heavy atom. The van der Waals surface area contributed by atoms with Crippen LogP contribution in [0.5, 0.6) is 0 Å². The van der Waals surface area contributed by atoms with Gasteiger partial charge in [0, 0.05) is 31.4 Å². The van der Waals surface area contributed by atoms with Gasteiger partial charge < -0.3 is 15.4 Å². The molecule has 0 atom stereocenters. The highest BCUT2D eigenvalue weighted by atomic mass is 16.3. The van der Waals surface area contributed by atoms with Crippen molar-refractivity contribution in [2.45, 2.75) is 44.2 Å². The summed E-state index contributed by atoms with van der Waals surface area (Å²) in [7, 11) is 0. The Bertz CT molecular complexity index is 265. The van der Waals surface area contributed by atoms with E-state index in [9.17, 15) is 5.11 Å². The fourth-order valence-electron chi connectivity index (χ4n) is 2.11. The lowest BCUT2D eigenvalue weighted by Gasteiger charge is -2.26. The molecular weight excluding hydrogens is 190 g/mol. The average Bonchev–Trinajstić information content (AvgIpc) is 2.74. The summed E-state index contributed by atoms with van der Waals surface area (Å²) in [5.74, 6) is 1.04. The van der Waals surface area contributed by atoms with Crippen LogP contribution < -0.4 is 5.32 Å². The number of imidazole rings is 1. The van der Waals surface area contributed by atoms with Crippen LogP contribution in [0.15, 0.2) is 12.4 Å². The minimum absolute atomic E-state index is 0.0619. The second-order valence-corrected chi connectivity index (χ2v) is 4.25. The van der Waals surface area contributed by atoms with Gasteiger partial charge in [0.05, 0.1) is 6.10 Å². The first-order valence-corrected chi connectivity index (χ1v) is 5.74. The van der Waals surface area contributed by atoms with Crippen LogP contribution in [-0.2, 0) is 6.42 Å². The van der Waals surface area contributed by atoms with Gasteiger partial charge in [0.1, 0.15) is 5.82 Å². The lowest BCUT2D eigenvalue weighted by atomic mass is 9.93. The van der Waals surface area contributed by atoms with E-state index in [4.69, 9.17) is 0 Å². The molecule has 4 heteroatoms. The molecule has 1 fully saturated rings. The number of nitrogens with one attached hydrogen (secondary N) is 2. The largest absolute Gasteiger partial charge is 0.393 e. The zero-order valence-corrected chi connectivity index (χ0v) is 8.95. The van der Waals surface area contributed by atoms with Gasteiger partial charge in [-0.25, -0.2) is 4.98 Å². The summed E-state index contributed by atoms with van der Waals surface area (Å²) in [6.45, 7) is 0.967. The number of hydrogen-bond donors (Lipinski definition) is 3. The molecule has 1 aliphatic carbocycles. The quantitative estimate of drug-likeness (QED) is 0.689. The number of rotatable bonds is 4. The maximum absolute atomic E-state index is 9.36. The van der Waals surface area contributed by atoms with Crippen LogP contribution in [0.25, 0.3) is 0 Å². The van der Waals surface area contributed by atoms with Crippen LogP contribution in [0.4, 0.5) is 0 Å². The van der Waals surface area contributed by atoms with Crippen LogP contribution in [0.1, 0.15) is 31.5 Å². The number of nitrogens with zero attached hydrogens (tertiary/aromatic N) is 1. The first kappa shape index (κ1) is 10.6. The highest BCUT2D eigenvalue weighted by Gasteiger charge is 2.18. The summed E-state index contributed by atoms with van der Waals surface area (Å²) >= 11 is 0. The van der Waals surface area contributed by atoms with Gasteiger partial charge in [0.2, 0.25) is 0 Å². The third kappa shape index (κ3) is 3.32. The lowest BCUT2D eigenvalue weighted by Crippen LogP contribution is -2.35. The molecular formula is C11H19N3O. The van der Waals surface area contributed by atoms with Crippen LogP contribution in [0.2, 0.25) is 0 Å². The van der Waals surface area contributed by atoms with Gasteiger partial charge in [0.25, 0.3) is 0 Å². The molecule has 0 saturated heterocycles. The van der Waals surface area contributed by atoms with E-state index in [1.807, 2.05) is 6.20 Å². The van der Waals surface area contributed by atoms with Crippen LogP contribution in [0.3, 0.4) is 0 Å². The third-order valence-electron chi connectivity index (χ3n) is 3.05. The molecule has 1 aromatic rings. The van der Waals surface area contributed by atoms with Gasteiger partial charge in [-0.3, -0.25) is 0 Å². The Balaban J connectivity index is 1.62. The van der Waals surface area contributed by atoms with Crippen molar-refractivity contribution < 1.29 is 5.11 Å². The van der Waals surface area contributed by atoms with Crippen LogP contribution in [0, 0.1) is 0 Å². The summed E-state index contributed by atoms with van der Waals surface area (Å²) in [5, 5.41) is 12.9. The fourth-order valence-corrected chi connectivity index (χ4v) is 2.11. The van der Waals surface area contributed by atoms with Gasteiger partial charge in [-0.05, 0) is 25.7 Å². The van der Waals surface area contributed by atoms with E-state index < -0.39 is 0 Å². The zero-order valence-electron chi connectivity index (χ0n) is 8.95. The van der Waals surface area contributed by atoms with Crippen LogP contribution in [-0.4, -0.2) is 33.8 Å². The van der Waals surface area contributed by atoms with Crippen molar-refractivity contribution in [3.05, 3.63) is 18.2 Å². The molecule has 1 heterocycles. The first-order chi connectivity index (χ1) is 7.34. The Morgan fingerprint density at radius 2 is 2.20 bits per heavy atom. The van der Waals surface area contributed by atoms with Gasteiger partial charge >= 0.3 is 0 Å². The summed E-state index contributed by atoms with van der Waals surface area (Å²) in [6, 6.07) is 0.586. The van der Waals surface area contributed by atoms with E-state index in [1.54, 1.807) is 6.20 Å². The summed E-state index contributed by atoms with van der Waals surface area (Å²) < 4.78 is 0. The highest BCUT2D eigenvalue weighted by Crippen LogP contribution is 2.17. The number of aliphatic hydroxyl groups excluding tert-OH is 1. The van der Waals surface area contributed by atoms with E-state index in [1.165, 1.54) is 0 Å². The van der Waals surface area contributed by atoms with E-state index in [0.29, 0.717) is 6.04 Å². The molecule has 0 amide bonds. The molecule has 0 aliphatic heterocycles. The van der Waals surface area contributed by atoms with Crippen molar-refractivity contribution in [1.29, 1.82) is 0 Å². The summed E-state index contributed by atoms with van der Waals surface area (Å²) in [5.41, 5.74) is 0. The Kier molecular flexibility index (Phi) is 3.75. The highest BCUT2D eigenvalue weighted by molar-refractivity contribution is 4.88. The zero-order chi connectivity index (χ0) is 10.5. The molecule has 1 aliphatic rings. The minimum Gasteiger partial charge on any atom is -0.393 e. The molecule has 0 spiro atoms. The molecule has 0 unspecified atom stereocenters. The second-order valence-electron chi connectivity index (χ2n) is 4.25. The monoisotopic (exact) mass is 209 g/mol. The molecule has 4 nitrogen and oxygen atoms in total. The topological polar surface area (TPSA) is 60.9 Å². The number of aromatic amines is 1. The van der Waals surface area contributed by atoms with Crippen molar-refractivity contribution in [3.63, 3.8) is 0 Å². The molecule has 0 aromatic carbocycles. The van der Waals surface area contributed by atoms with Crippen molar-refractivity contribution >= 4 is 0 Å². The minimum atomic E-state index is -0.0619. The van der Waals surface area contributed by atoms with Crippen molar-refractivity contribution in [3.8, 4) is 0 Å². The fraction of sp³-hybridized carbons (Fsp3) is 0.727. The number of aromatic nitrogens is 2. The molecule has 0 bridgehead atoms. The van der Waals surface area contributed by atoms with Crippen molar-refractivity contribution in [1.82, 2.24) is 15.3 Å². The van der Waals surface area contributed by atoms with Crippen molar-refractivity contribution in [2.75, 3.05) is 6.54 Å². The first-order valence-electron chi connectivity index (χ1n) is 5.74. The van der Waals surface area contributed by atoms with Gasteiger partial charge in [-0.2, -0.15) is 0 Å². The van der Waals surface area contributed by atoms with E-state index in [-0.39, 0.29) is 6.10 Å². The van der Waals surface area contributed by atoms with E-state index in [0.717, 1.165) is 44.5 Å². The SMILES string of the molecule is OC1CCC(NCCc2ncc[nH]2)CC1. The molecule has 1 saturated carbocycles. The predicted molar refractivity (Wildman–Crippen MR) is 58.6 cm³/mol. The van der Waals surface area contributed by atoms with Crippen LogP contribution >= 0.6 is 0 Å². The summed E-state index contributed by atoms with van der Waals surface area (Å²) in [6.07, 6.45) is 8.60. The second kappa shape index (κ2) is 5.28. The van der Waals surface area contributed by atoms with Gasteiger partial charge in [-0.1, -0.05) is 0 Å². The van der Waals surface area contributed by atoms with Gasteiger partial charge in [0.15, 0.2) is 0 Å². The Labute approximate surface area is 90.1 Å². The molecule has 15 heavy (non-hydrogen) atoms. The molecule has 0 radical (unpaired) electrons. The lowest BCUT2D eigenvalue weighted by molar-refractivity contribution is 0.117. The Hall–Kier alpha value is -0.870. The average molecular weight is 209 g/mol. The smallest absolute Gasteiger partial charge is 0.107 e.